The predicted molar refractivity (Wildman–Crippen MR) is 85.4 cm³/mol. The smallest absolute Gasteiger partial charge is 0.202 e. The summed E-state index contributed by atoms with van der Waals surface area (Å²) in [5.41, 5.74) is -1.36. The molecule has 0 aromatic heterocycles. The topological polar surface area (TPSA) is 3.01 Å². The fourth-order valence-electron chi connectivity index (χ4n) is 3.24. The van der Waals surface area contributed by atoms with Crippen LogP contribution in [0, 0.1) is 0 Å². The number of rotatable bonds is 1. The molecular weight excluding hydrogens is 307 g/mol. The van der Waals surface area contributed by atoms with Crippen LogP contribution in [0.4, 0.5) is 18.9 Å². The SMILES string of the molecule is CC1=[N+](C)c2cc(SC(F)(F)F)c3ccccc3c2C1(C)C. The van der Waals surface area contributed by atoms with E-state index in [2.05, 4.69) is 13.8 Å². The van der Waals surface area contributed by atoms with Crippen molar-refractivity contribution >= 4 is 33.9 Å². The Balaban J connectivity index is 2.37. The molecule has 1 heterocycles. The summed E-state index contributed by atoms with van der Waals surface area (Å²) in [5.74, 6) is 0. The highest BCUT2D eigenvalue weighted by molar-refractivity contribution is 8.00. The number of thioether (sulfide) groups is 1. The second kappa shape index (κ2) is 4.75. The third-order valence-electron chi connectivity index (χ3n) is 4.61. The molecule has 2 aromatic carbocycles. The quantitative estimate of drug-likeness (QED) is 0.496. The largest absolute Gasteiger partial charge is 0.446 e. The summed E-state index contributed by atoms with van der Waals surface area (Å²) in [5, 5.41) is 1.57. The van der Waals surface area contributed by atoms with E-state index in [1.807, 2.05) is 30.7 Å². The van der Waals surface area contributed by atoms with E-state index in [-0.39, 0.29) is 22.1 Å². The van der Waals surface area contributed by atoms with Gasteiger partial charge in [-0.05, 0) is 36.4 Å². The molecule has 22 heavy (non-hydrogen) atoms. The van der Waals surface area contributed by atoms with E-state index in [1.165, 1.54) is 0 Å². The van der Waals surface area contributed by atoms with Crippen molar-refractivity contribution in [3.05, 3.63) is 35.9 Å². The number of alkyl halides is 3. The Bertz CT molecular complexity index is 803. The van der Waals surface area contributed by atoms with Crippen LogP contribution in [0.15, 0.2) is 35.2 Å². The van der Waals surface area contributed by atoms with Crippen LogP contribution in [0.5, 0.6) is 0 Å². The lowest BCUT2D eigenvalue weighted by atomic mass is 9.80. The molecule has 0 radical (unpaired) electrons. The van der Waals surface area contributed by atoms with Crippen molar-refractivity contribution in [3.63, 3.8) is 0 Å². The van der Waals surface area contributed by atoms with Crippen molar-refractivity contribution in [2.24, 2.45) is 0 Å². The maximum atomic E-state index is 12.9. The second-order valence-corrected chi connectivity index (χ2v) is 7.24. The first-order valence-electron chi connectivity index (χ1n) is 7.02. The molecule has 3 rings (SSSR count). The van der Waals surface area contributed by atoms with Gasteiger partial charge in [-0.3, -0.25) is 0 Å². The van der Waals surface area contributed by atoms with Crippen molar-refractivity contribution in [1.29, 1.82) is 0 Å². The minimum Gasteiger partial charge on any atom is -0.202 e. The van der Waals surface area contributed by atoms with Crippen LogP contribution in [-0.2, 0) is 5.41 Å². The van der Waals surface area contributed by atoms with E-state index in [0.717, 1.165) is 22.3 Å². The number of nitrogens with zero attached hydrogens (tertiary/aromatic N) is 1. The Hall–Kier alpha value is -1.49. The Morgan fingerprint density at radius 1 is 1.09 bits per heavy atom. The molecule has 0 saturated heterocycles. The lowest BCUT2D eigenvalue weighted by Crippen LogP contribution is -2.25. The highest BCUT2D eigenvalue weighted by Crippen LogP contribution is 2.48. The molecule has 5 heteroatoms. The first kappa shape index (κ1) is 15.4. The summed E-state index contributed by atoms with van der Waals surface area (Å²) in [6, 6.07) is 9.04. The molecule has 0 N–H and O–H groups in total. The zero-order valence-corrected chi connectivity index (χ0v) is 13.7. The van der Waals surface area contributed by atoms with Crippen LogP contribution >= 0.6 is 11.8 Å². The molecule has 2 aromatic rings. The number of fused-ring (bicyclic) bond motifs is 3. The fraction of sp³-hybridized carbons (Fsp3) is 0.353. The van der Waals surface area contributed by atoms with Crippen LogP contribution in [0.25, 0.3) is 10.8 Å². The average molecular weight is 324 g/mol. The lowest BCUT2D eigenvalue weighted by Gasteiger charge is -2.18. The summed E-state index contributed by atoms with van der Waals surface area (Å²) in [4.78, 5) is 0.263. The van der Waals surface area contributed by atoms with E-state index in [4.69, 9.17) is 0 Å². The van der Waals surface area contributed by atoms with Gasteiger partial charge >= 0.3 is 5.51 Å². The van der Waals surface area contributed by atoms with Gasteiger partial charge in [0.2, 0.25) is 5.69 Å². The van der Waals surface area contributed by atoms with Gasteiger partial charge in [-0.1, -0.05) is 24.3 Å². The Morgan fingerprint density at radius 3 is 2.27 bits per heavy atom. The van der Waals surface area contributed by atoms with Gasteiger partial charge in [-0.2, -0.15) is 13.2 Å². The summed E-state index contributed by atoms with van der Waals surface area (Å²) < 4.78 is 40.7. The monoisotopic (exact) mass is 324 g/mol. The summed E-state index contributed by atoms with van der Waals surface area (Å²) >= 11 is -0.0363. The molecule has 1 aliphatic rings. The van der Waals surface area contributed by atoms with E-state index in [0.29, 0.717) is 5.39 Å². The number of hydrogen-bond acceptors (Lipinski definition) is 1. The summed E-state index contributed by atoms with van der Waals surface area (Å²) in [7, 11) is 1.92. The highest BCUT2D eigenvalue weighted by atomic mass is 32.2. The van der Waals surface area contributed by atoms with E-state index >= 15 is 0 Å². The van der Waals surface area contributed by atoms with Gasteiger partial charge in [0.1, 0.15) is 7.05 Å². The molecule has 0 aliphatic carbocycles. The predicted octanol–water partition coefficient (Wildman–Crippen LogP) is 5.48. The van der Waals surface area contributed by atoms with Crippen LogP contribution in [0.2, 0.25) is 0 Å². The van der Waals surface area contributed by atoms with E-state index in [1.54, 1.807) is 18.2 Å². The first-order chi connectivity index (χ1) is 10.1. The molecule has 0 saturated carbocycles. The molecule has 0 fully saturated rings. The fourth-order valence-corrected chi connectivity index (χ4v) is 3.95. The van der Waals surface area contributed by atoms with Crippen LogP contribution in [-0.4, -0.2) is 22.8 Å². The molecule has 0 spiro atoms. The maximum absolute atomic E-state index is 12.9. The maximum Gasteiger partial charge on any atom is 0.446 e. The number of hydrogen-bond donors (Lipinski definition) is 0. The highest BCUT2D eigenvalue weighted by Gasteiger charge is 2.44. The van der Waals surface area contributed by atoms with Gasteiger partial charge in [0, 0.05) is 23.4 Å². The van der Waals surface area contributed by atoms with Crippen molar-refractivity contribution in [3.8, 4) is 0 Å². The molecule has 0 atom stereocenters. The zero-order chi connectivity index (χ0) is 16.3. The standard InChI is InChI=1S/C17H17F3NS/c1-10-16(2,3)15-12-8-6-5-7-11(12)14(22-17(18,19)20)9-13(15)21(10)4/h5-9H,1-4H3/q+1. The van der Waals surface area contributed by atoms with Crippen molar-refractivity contribution in [2.75, 3.05) is 7.05 Å². The third kappa shape index (κ3) is 2.22. The first-order valence-corrected chi connectivity index (χ1v) is 7.84. The van der Waals surface area contributed by atoms with E-state index in [9.17, 15) is 13.2 Å². The van der Waals surface area contributed by atoms with Crippen LogP contribution in [0.1, 0.15) is 26.3 Å². The molecular formula is C17H17F3NS+. The average Bonchev–Trinajstić information content (AvgIpc) is 2.59. The van der Waals surface area contributed by atoms with Gasteiger partial charge < -0.3 is 0 Å². The number of benzene rings is 2. The minimum atomic E-state index is -4.29. The van der Waals surface area contributed by atoms with Crippen molar-refractivity contribution < 1.29 is 17.7 Å². The molecule has 116 valence electrons. The van der Waals surface area contributed by atoms with Crippen molar-refractivity contribution in [1.82, 2.24) is 0 Å². The lowest BCUT2D eigenvalue weighted by molar-refractivity contribution is -0.403. The van der Waals surface area contributed by atoms with E-state index < -0.39 is 5.51 Å². The Labute approximate surface area is 131 Å². The second-order valence-electron chi connectivity index (χ2n) is 6.13. The van der Waals surface area contributed by atoms with Gasteiger partial charge in [-0.15, -0.1) is 0 Å². The summed E-state index contributed by atoms with van der Waals surface area (Å²) in [6.07, 6.45) is 0. The van der Waals surface area contributed by atoms with Gasteiger partial charge in [-0.25, -0.2) is 4.58 Å². The third-order valence-corrected chi connectivity index (χ3v) is 5.39. The molecule has 0 bridgehead atoms. The minimum absolute atomic E-state index is 0.0363. The van der Waals surface area contributed by atoms with Gasteiger partial charge in [0.25, 0.3) is 0 Å². The molecule has 1 nitrogen and oxygen atoms in total. The molecule has 0 amide bonds. The Kier molecular flexibility index (Phi) is 3.33. The number of halogens is 3. The Morgan fingerprint density at radius 2 is 1.68 bits per heavy atom. The van der Waals surface area contributed by atoms with Crippen LogP contribution < -0.4 is 0 Å². The van der Waals surface area contributed by atoms with Crippen LogP contribution in [0.3, 0.4) is 0 Å². The molecule has 0 unspecified atom stereocenters. The zero-order valence-electron chi connectivity index (χ0n) is 12.9. The van der Waals surface area contributed by atoms with Crippen molar-refractivity contribution in [2.45, 2.75) is 36.6 Å². The molecule has 1 aliphatic heterocycles. The normalized spacial score (nSPS) is 17.2. The van der Waals surface area contributed by atoms with Gasteiger partial charge in [0.15, 0.2) is 5.71 Å². The van der Waals surface area contributed by atoms with Gasteiger partial charge in [0.05, 0.1) is 5.41 Å². The summed E-state index contributed by atoms with van der Waals surface area (Å²) in [6.45, 7) is 6.27.